The quantitative estimate of drug-likeness (QED) is 0.472. The summed E-state index contributed by atoms with van der Waals surface area (Å²) >= 11 is 0. The fourth-order valence-corrected chi connectivity index (χ4v) is 5.06. The zero-order chi connectivity index (χ0) is 14.1. The molecule has 106 valence electrons. The van der Waals surface area contributed by atoms with E-state index in [1.54, 1.807) is 0 Å². The molecule has 0 radical (unpaired) electrons. The molecule has 19 heavy (non-hydrogen) atoms. The minimum atomic E-state index is -3.86. The summed E-state index contributed by atoms with van der Waals surface area (Å²) in [6, 6.07) is 2.19. The van der Waals surface area contributed by atoms with Gasteiger partial charge in [-0.1, -0.05) is 0 Å². The lowest BCUT2D eigenvalue weighted by molar-refractivity contribution is 0.562. The standard InChI is InChI=1S/C9H14N4O4S2/c10-12-9-8(2-1-4-11-9)19(16,17)13-7-3-5-18(14,15)6-7/h1-2,4,7,13H,3,5-6,10H2,(H,11,12). The van der Waals surface area contributed by atoms with Crippen LogP contribution < -0.4 is 16.0 Å². The van der Waals surface area contributed by atoms with Crippen LogP contribution >= 0.6 is 0 Å². The van der Waals surface area contributed by atoms with Gasteiger partial charge in [0.05, 0.1) is 11.5 Å². The number of pyridine rings is 1. The van der Waals surface area contributed by atoms with Gasteiger partial charge in [-0.3, -0.25) is 0 Å². The van der Waals surface area contributed by atoms with E-state index in [0.29, 0.717) is 0 Å². The first kappa shape index (κ1) is 14.2. The molecule has 0 aliphatic carbocycles. The molecule has 1 unspecified atom stereocenters. The highest BCUT2D eigenvalue weighted by Crippen LogP contribution is 2.19. The van der Waals surface area contributed by atoms with Crippen molar-refractivity contribution in [2.24, 2.45) is 5.84 Å². The highest BCUT2D eigenvalue weighted by atomic mass is 32.2. The predicted octanol–water partition coefficient (Wildman–Crippen LogP) is -1.17. The molecule has 1 fully saturated rings. The topological polar surface area (TPSA) is 131 Å². The van der Waals surface area contributed by atoms with Crippen molar-refractivity contribution in [2.75, 3.05) is 16.9 Å². The van der Waals surface area contributed by atoms with Crippen molar-refractivity contribution in [1.82, 2.24) is 9.71 Å². The van der Waals surface area contributed by atoms with Crippen LogP contribution in [0.4, 0.5) is 5.82 Å². The summed E-state index contributed by atoms with van der Waals surface area (Å²) in [7, 11) is -7.00. The van der Waals surface area contributed by atoms with Crippen molar-refractivity contribution in [3.8, 4) is 0 Å². The van der Waals surface area contributed by atoms with Gasteiger partial charge in [-0.05, 0) is 18.6 Å². The van der Waals surface area contributed by atoms with E-state index >= 15 is 0 Å². The summed E-state index contributed by atoms with van der Waals surface area (Å²) in [6.45, 7) is 0. The summed E-state index contributed by atoms with van der Waals surface area (Å²) in [4.78, 5) is 3.68. The van der Waals surface area contributed by atoms with Crippen LogP contribution in [0.3, 0.4) is 0 Å². The lowest BCUT2D eigenvalue weighted by atomic mass is 10.3. The van der Waals surface area contributed by atoms with Gasteiger partial charge in [0.2, 0.25) is 10.0 Å². The van der Waals surface area contributed by atoms with Crippen LogP contribution in [0.1, 0.15) is 6.42 Å². The largest absolute Gasteiger partial charge is 0.307 e. The second-order valence-electron chi connectivity index (χ2n) is 4.22. The first-order valence-electron chi connectivity index (χ1n) is 5.48. The molecule has 1 saturated heterocycles. The number of hydrazine groups is 1. The molecule has 1 atom stereocenters. The Morgan fingerprint density at radius 2 is 2.16 bits per heavy atom. The summed E-state index contributed by atoms with van der Waals surface area (Å²) in [5, 5.41) is 0. The van der Waals surface area contributed by atoms with Gasteiger partial charge in [-0.2, -0.15) is 0 Å². The molecule has 8 nitrogen and oxygen atoms in total. The van der Waals surface area contributed by atoms with E-state index in [9.17, 15) is 16.8 Å². The number of hydrogen-bond donors (Lipinski definition) is 3. The maximum absolute atomic E-state index is 12.1. The van der Waals surface area contributed by atoms with E-state index in [1.165, 1.54) is 18.3 Å². The Hall–Kier alpha value is -1.23. The highest BCUT2D eigenvalue weighted by molar-refractivity contribution is 7.92. The fourth-order valence-electron chi connectivity index (χ4n) is 1.89. The van der Waals surface area contributed by atoms with E-state index in [0.717, 1.165) is 0 Å². The Kier molecular flexibility index (Phi) is 3.76. The van der Waals surface area contributed by atoms with Crippen LogP contribution in [0.2, 0.25) is 0 Å². The van der Waals surface area contributed by atoms with Crippen molar-refractivity contribution in [3.05, 3.63) is 18.3 Å². The predicted molar refractivity (Wildman–Crippen MR) is 69.4 cm³/mol. The molecule has 0 aromatic carbocycles. The number of sulfonamides is 1. The molecular weight excluding hydrogens is 292 g/mol. The van der Waals surface area contributed by atoms with Crippen LogP contribution in [0.25, 0.3) is 0 Å². The summed E-state index contributed by atoms with van der Waals surface area (Å²) in [5.74, 6) is 5.02. The number of rotatable bonds is 4. The van der Waals surface area contributed by atoms with E-state index in [-0.39, 0.29) is 28.6 Å². The van der Waals surface area contributed by atoms with Gasteiger partial charge < -0.3 is 5.43 Å². The number of nitrogen functional groups attached to an aromatic ring is 1. The molecule has 1 aromatic heterocycles. The Morgan fingerprint density at radius 1 is 1.42 bits per heavy atom. The molecule has 2 rings (SSSR count). The number of nitrogens with one attached hydrogen (secondary N) is 2. The molecule has 0 saturated carbocycles. The van der Waals surface area contributed by atoms with E-state index < -0.39 is 25.9 Å². The zero-order valence-electron chi connectivity index (χ0n) is 9.90. The molecule has 2 heterocycles. The van der Waals surface area contributed by atoms with E-state index in [1.807, 2.05) is 0 Å². The molecule has 0 spiro atoms. The van der Waals surface area contributed by atoms with Crippen molar-refractivity contribution < 1.29 is 16.8 Å². The Bertz CT molecular complexity index is 671. The molecule has 1 aliphatic rings. The molecule has 1 aromatic rings. The smallest absolute Gasteiger partial charge is 0.244 e. The average Bonchev–Trinajstić information content (AvgIpc) is 2.67. The van der Waals surface area contributed by atoms with Crippen LogP contribution in [-0.4, -0.2) is 39.4 Å². The number of aromatic nitrogens is 1. The van der Waals surface area contributed by atoms with Crippen molar-refractivity contribution >= 4 is 25.7 Å². The monoisotopic (exact) mass is 306 g/mol. The Labute approximate surface area is 111 Å². The van der Waals surface area contributed by atoms with Gasteiger partial charge >= 0.3 is 0 Å². The molecule has 0 amide bonds. The lowest BCUT2D eigenvalue weighted by Gasteiger charge is -2.13. The maximum atomic E-state index is 12.1. The Morgan fingerprint density at radius 3 is 2.74 bits per heavy atom. The van der Waals surface area contributed by atoms with E-state index in [4.69, 9.17) is 5.84 Å². The van der Waals surface area contributed by atoms with Gasteiger partial charge in [0, 0.05) is 12.2 Å². The van der Waals surface area contributed by atoms with Gasteiger partial charge in [-0.25, -0.2) is 32.4 Å². The summed E-state index contributed by atoms with van der Waals surface area (Å²) in [5.41, 5.74) is 2.19. The highest BCUT2D eigenvalue weighted by Gasteiger charge is 2.32. The minimum Gasteiger partial charge on any atom is -0.307 e. The molecule has 1 aliphatic heterocycles. The van der Waals surface area contributed by atoms with Crippen molar-refractivity contribution in [1.29, 1.82) is 0 Å². The minimum absolute atomic E-state index is 0.00474. The van der Waals surface area contributed by atoms with E-state index in [2.05, 4.69) is 15.1 Å². The summed E-state index contributed by atoms with van der Waals surface area (Å²) in [6.07, 6.45) is 1.67. The number of anilines is 1. The van der Waals surface area contributed by atoms with Gasteiger partial charge in [0.15, 0.2) is 15.7 Å². The van der Waals surface area contributed by atoms with Crippen molar-refractivity contribution in [3.63, 3.8) is 0 Å². The molecule has 4 N–H and O–H groups in total. The second-order valence-corrected chi connectivity index (χ2v) is 8.13. The molecule has 10 heteroatoms. The third-order valence-electron chi connectivity index (χ3n) is 2.75. The molecular formula is C9H14N4O4S2. The van der Waals surface area contributed by atoms with Gasteiger partial charge in [0.1, 0.15) is 4.90 Å². The van der Waals surface area contributed by atoms with Gasteiger partial charge in [-0.15, -0.1) is 0 Å². The number of sulfone groups is 1. The second kappa shape index (κ2) is 5.04. The Balaban J connectivity index is 2.24. The summed E-state index contributed by atoms with van der Waals surface area (Å²) < 4.78 is 49.2. The maximum Gasteiger partial charge on any atom is 0.244 e. The van der Waals surface area contributed by atoms with Crippen LogP contribution in [0.15, 0.2) is 23.2 Å². The SMILES string of the molecule is NNc1ncccc1S(=O)(=O)NC1CCS(=O)(=O)C1. The zero-order valence-corrected chi connectivity index (χ0v) is 11.5. The first-order valence-corrected chi connectivity index (χ1v) is 8.79. The number of nitrogens with two attached hydrogens (primary N) is 1. The average molecular weight is 306 g/mol. The van der Waals surface area contributed by atoms with Crippen molar-refractivity contribution in [2.45, 2.75) is 17.4 Å². The normalized spacial score (nSPS) is 22.3. The number of nitrogens with zero attached hydrogens (tertiary/aromatic N) is 1. The third-order valence-corrected chi connectivity index (χ3v) is 6.07. The first-order chi connectivity index (χ1) is 8.84. The lowest BCUT2D eigenvalue weighted by Crippen LogP contribution is -2.36. The number of hydrogen-bond acceptors (Lipinski definition) is 7. The fraction of sp³-hybridized carbons (Fsp3) is 0.444. The third kappa shape index (κ3) is 3.21. The van der Waals surface area contributed by atoms with Gasteiger partial charge in [0.25, 0.3) is 0 Å². The van der Waals surface area contributed by atoms with Crippen LogP contribution in [0.5, 0.6) is 0 Å². The van der Waals surface area contributed by atoms with Crippen LogP contribution in [-0.2, 0) is 19.9 Å². The molecule has 0 bridgehead atoms. The van der Waals surface area contributed by atoms with Crippen LogP contribution in [0, 0.1) is 0 Å².